The minimum absolute atomic E-state index is 0.0864. The Bertz CT molecular complexity index is 522. The van der Waals surface area contributed by atoms with E-state index in [1.54, 1.807) is 24.9 Å². The molecule has 2 aromatic rings. The lowest BCUT2D eigenvalue weighted by Crippen LogP contribution is -1.90. The average molecular weight is 308 g/mol. The Balaban J connectivity index is 2.13. The fraction of sp³-hybridized carbons (Fsp3) is 0.0769. The highest BCUT2D eigenvalue weighted by molar-refractivity contribution is 9.10. The molecule has 0 saturated carbocycles. The molecular formula is C13H10BrNOS. The van der Waals surface area contributed by atoms with Gasteiger partial charge in [0.2, 0.25) is 0 Å². The Labute approximate surface area is 113 Å². The first-order chi connectivity index (χ1) is 8.15. The summed E-state index contributed by atoms with van der Waals surface area (Å²) in [4.78, 5) is 16.5. The van der Waals surface area contributed by atoms with Crippen molar-refractivity contribution in [1.82, 2.24) is 4.98 Å². The molecule has 17 heavy (non-hydrogen) atoms. The molecular weight excluding hydrogens is 298 g/mol. The van der Waals surface area contributed by atoms with Crippen LogP contribution in [0.4, 0.5) is 0 Å². The molecule has 0 atom stereocenters. The Morgan fingerprint density at radius 2 is 1.88 bits per heavy atom. The molecule has 0 unspecified atom stereocenters. The zero-order valence-corrected chi connectivity index (χ0v) is 11.6. The number of hydrogen-bond donors (Lipinski definition) is 0. The van der Waals surface area contributed by atoms with Crippen LogP contribution in [0.25, 0.3) is 0 Å². The molecule has 0 bridgehead atoms. The third-order valence-corrected chi connectivity index (χ3v) is 3.61. The van der Waals surface area contributed by atoms with Crippen molar-refractivity contribution in [2.75, 3.05) is 0 Å². The zero-order valence-electron chi connectivity index (χ0n) is 9.18. The van der Waals surface area contributed by atoms with Crippen LogP contribution in [0.15, 0.2) is 57.0 Å². The van der Waals surface area contributed by atoms with Crippen LogP contribution in [0.5, 0.6) is 0 Å². The van der Waals surface area contributed by atoms with Gasteiger partial charge in [0, 0.05) is 21.1 Å². The average Bonchev–Trinajstić information content (AvgIpc) is 2.33. The van der Waals surface area contributed by atoms with Gasteiger partial charge in [-0.15, -0.1) is 0 Å². The van der Waals surface area contributed by atoms with Gasteiger partial charge in [-0.05, 0) is 47.1 Å². The molecule has 0 amide bonds. The standard InChI is InChI=1S/C13H10BrNOS/c1-9(16)10-2-5-12(6-3-10)17-13-7-4-11(14)8-15-13/h2-8H,1H3. The second-order valence-electron chi connectivity index (χ2n) is 3.50. The molecule has 0 radical (unpaired) electrons. The van der Waals surface area contributed by atoms with E-state index in [0.29, 0.717) is 0 Å². The first-order valence-electron chi connectivity index (χ1n) is 5.05. The molecule has 0 fully saturated rings. The number of benzene rings is 1. The van der Waals surface area contributed by atoms with Crippen molar-refractivity contribution < 1.29 is 4.79 Å². The van der Waals surface area contributed by atoms with Crippen LogP contribution in [0, 0.1) is 0 Å². The van der Waals surface area contributed by atoms with E-state index >= 15 is 0 Å². The van der Waals surface area contributed by atoms with E-state index in [-0.39, 0.29) is 5.78 Å². The maximum atomic E-state index is 11.1. The van der Waals surface area contributed by atoms with Gasteiger partial charge in [0.15, 0.2) is 5.78 Å². The molecule has 4 heteroatoms. The van der Waals surface area contributed by atoms with Crippen molar-refractivity contribution in [2.24, 2.45) is 0 Å². The molecule has 1 aromatic heterocycles. The number of ketones is 1. The number of pyridine rings is 1. The number of carbonyl (C=O) groups excluding carboxylic acids is 1. The second kappa shape index (κ2) is 5.47. The summed E-state index contributed by atoms with van der Waals surface area (Å²) in [6.45, 7) is 1.57. The number of Topliss-reactive ketones (excluding diaryl/α,β-unsaturated/α-hetero) is 1. The topological polar surface area (TPSA) is 30.0 Å². The Morgan fingerprint density at radius 1 is 1.18 bits per heavy atom. The SMILES string of the molecule is CC(=O)c1ccc(Sc2ccc(Br)cn2)cc1. The lowest BCUT2D eigenvalue weighted by atomic mass is 10.2. The van der Waals surface area contributed by atoms with Crippen molar-refractivity contribution in [3.8, 4) is 0 Å². The van der Waals surface area contributed by atoms with E-state index in [9.17, 15) is 4.79 Å². The third kappa shape index (κ3) is 3.41. The Morgan fingerprint density at radius 3 is 2.41 bits per heavy atom. The molecule has 0 saturated heterocycles. The van der Waals surface area contributed by atoms with Gasteiger partial charge in [0.1, 0.15) is 5.03 Å². The molecule has 0 aliphatic carbocycles. The van der Waals surface area contributed by atoms with Gasteiger partial charge in [-0.2, -0.15) is 0 Å². The van der Waals surface area contributed by atoms with E-state index in [1.165, 1.54) is 0 Å². The van der Waals surface area contributed by atoms with Crippen molar-refractivity contribution in [3.05, 3.63) is 52.6 Å². The molecule has 0 spiro atoms. The molecule has 1 aromatic carbocycles. The van der Waals surface area contributed by atoms with Gasteiger partial charge < -0.3 is 0 Å². The summed E-state index contributed by atoms with van der Waals surface area (Å²) in [6, 6.07) is 11.5. The highest BCUT2D eigenvalue weighted by Crippen LogP contribution is 2.26. The largest absolute Gasteiger partial charge is 0.295 e. The van der Waals surface area contributed by atoms with Gasteiger partial charge in [0.25, 0.3) is 0 Å². The third-order valence-electron chi connectivity index (χ3n) is 2.18. The van der Waals surface area contributed by atoms with E-state index in [0.717, 1.165) is 20.0 Å². The smallest absolute Gasteiger partial charge is 0.159 e. The van der Waals surface area contributed by atoms with E-state index < -0.39 is 0 Å². The first kappa shape index (κ1) is 12.3. The number of aromatic nitrogens is 1. The van der Waals surface area contributed by atoms with Gasteiger partial charge in [-0.3, -0.25) is 4.79 Å². The van der Waals surface area contributed by atoms with Crippen LogP contribution in [-0.4, -0.2) is 10.8 Å². The van der Waals surface area contributed by atoms with Crippen LogP contribution in [0.1, 0.15) is 17.3 Å². The maximum absolute atomic E-state index is 11.1. The predicted octanol–water partition coefficient (Wildman–Crippen LogP) is 4.20. The van der Waals surface area contributed by atoms with Crippen LogP contribution >= 0.6 is 27.7 Å². The normalized spacial score (nSPS) is 10.2. The van der Waals surface area contributed by atoms with Crippen LogP contribution in [-0.2, 0) is 0 Å². The van der Waals surface area contributed by atoms with Gasteiger partial charge in [-0.1, -0.05) is 23.9 Å². The Kier molecular flexibility index (Phi) is 3.97. The van der Waals surface area contributed by atoms with Crippen LogP contribution in [0.3, 0.4) is 0 Å². The molecule has 2 rings (SSSR count). The molecule has 1 heterocycles. The minimum Gasteiger partial charge on any atom is -0.295 e. The number of halogens is 1. The van der Waals surface area contributed by atoms with Crippen molar-refractivity contribution in [1.29, 1.82) is 0 Å². The van der Waals surface area contributed by atoms with Crippen LogP contribution in [0.2, 0.25) is 0 Å². The van der Waals surface area contributed by atoms with Crippen molar-refractivity contribution in [2.45, 2.75) is 16.8 Å². The number of rotatable bonds is 3. The van der Waals surface area contributed by atoms with E-state index in [1.807, 2.05) is 36.4 Å². The van der Waals surface area contributed by atoms with Gasteiger partial charge >= 0.3 is 0 Å². The molecule has 0 aliphatic heterocycles. The summed E-state index contributed by atoms with van der Waals surface area (Å²) in [5, 5.41) is 0.934. The van der Waals surface area contributed by atoms with Crippen molar-refractivity contribution >= 4 is 33.5 Å². The molecule has 2 nitrogen and oxygen atoms in total. The summed E-state index contributed by atoms with van der Waals surface area (Å²) < 4.78 is 0.966. The van der Waals surface area contributed by atoms with Gasteiger partial charge in [0.05, 0.1) is 0 Å². The quantitative estimate of drug-likeness (QED) is 0.796. The monoisotopic (exact) mass is 307 g/mol. The fourth-order valence-corrected chi connectivity index (χ4v) is 2.29. The highest BCUT2D eigenvalue weighted by atomic mass is 79.9. The Hall–Kier alpha value is -1.13. The summed E-state index contributed by atoms with van der Waals surface area (Å²) in [5.74, 6) is 0.0864. The zero-order chi connectivity index (χ0) is 12.3. The summed E-state index contributed by atoms with van der Waals surface area (Å²) in [7, 11) is 0. The number of carbonyl (C=O) groups is 1. The summed E-state index contributed by atoms with van der Waals surface area (Å²) in [6.07, 6.45) is 1.77. The highest BCUT2D eigenvalue weighted by Gasteiger charge is 2.01. The minimum atomic E-state index is 0.0864. The summed E-state index contributed by atoms with van der Waals surface area (Å²) in [5.41, 5.74) is 0.734. The molecule has 0 N–H and O–H groups in total. The van der Waals surface area contributed by atoms with Crippen LogP contribution < -0.4 is 0 Å². The number of hydrogen-bond acceptors (Lipinski definition) is 3. The van der Waals surface area contributed by atoms with Gasteiger partial charge in [-0.25, -0.2) is 4.98 Å². The summed E-state index contributed by atoms with van der Waals surface area (Å²) >= 11 is 4.92. The fourth-order valence-electron chi connectivity index (χ4n) is 1.30. The molecule has 86 valence electrons. The predicted molar refractivity (Wildman–Crippen MR) is 72.5 cm³/mol. The second-order valence-corrected chi connectivity index (χ2v) is 5.51. The van der Waals surface area contributed by atoms with E-state index in [4.69, 9.17) is 0 Å². The number of nitrogens with zero attached hydrogens (tertiary/aromatic N) is 1. The first-order valence-corrected chi connectivity index (χ1v) is 6.66. The van der Waals surface area contributed by atoms with Crippen molar-refractivity contribution in [3.63, 3.8) is 0 Å². The maximum Gasteiger partial charge on any atom is 0.159 e. The lowest BCUT2D eigenvalue weighted by Gasteiger charge is -2.01. The molecule has 0 aliphatic rings. The van der Waals surface area contributed by atoms with E-state index in [2.05, 4.69) is 20.9 Å². The lowest BCUT2D eigenvalue weighted by molar-refractivity contribution is 0.101.